The number of hydrogen-bond acceptors (Lipinski definition) is 8. The van der Waals surface area contributed by atoms with Gasteiger partial charge in [-0.1, -0.05) is 26.8 Å². The summed E-state index contributed by atoms with van der Waals surface area (Å²) in [6.45, 7) is 14.1. The van der Waals surface area contributed by atoms with Gasteiger partial charge in [-0.3, -0.25) is 14.5 Å². The number of carboxylic acids is 1. The van der Waals surface area contributed by atoms with Crippen LogP contribution in [-0.4, -0.2) is 103 Å². The fourth-order valence-corrected chi connectivity index (χ4v) is 4.17. The van der Waals surface area contributed by atoms with Crippen LogP contribution in [0.5, 0.6) is 5.75 Å². The fourth-order valence-electron chi connectivity index (χ4n) is 4.17. The lowest BCUT2D eigenvalue weighted by atomic mass is 9.85. The summed E-state index contributed by atoms with van der Waals surface area (Å²) in [5, 5.41) is 11.4. The SMILES string of the molecule is C[C@@H](C(=O)N[C@H](C(=O)N1CCc2ccc(OCCOCCOCC(=O)O)cc2C1)C(C)(C)C)N(C)C(=O)OC(C)(C)C. The average Bonchev–Trinajstić information content (AvgIpc) is 2.89. The van der Waals surface area contributed by atoms with E-state index in [-0.39, 0.29) is 25.7 Å². The minimum absolute atomic E-state index is 0.185. The topological polar surface area (TPSA) is 144 Å². The van der Waals surface area contributed by atoms with E-state index >= 15 is 0 Å². The molecule has 2 rings (SSSR count). The highest BCUT2D eigenvalue weighted by Gasteiger charge is 2.38. The summed E-state index contributed by atoms with van der Waals surface area (Å²) < 4.78 is 21.5. The van der Waals surface area contributed by atoms with E-state index in [1.165, 1.54) is 11.9 Å². The summed E-state index contributed by atoms with van der Waals surface area (Å²) in [5.41, 5.74) is 0.810. The Kier molecular flexibility index (Phi) is 12.6. The summed E-state index contributed by atoms with van der Waals surface area (Å²) in [6, 6.07) is 4.13. The van der Waals surface area contributed by atoms with Crippen LogP contribution in [0.15, 0.2) is 18.2 Å². The Morgan fingerprint density at radius 2 is 1.64 bits per heavy atom. The van der Waals surface area contributed by atoms with Crippen molar-refractivity contribution in [2.45, 2.75) is 79.1 Å². The number of benzene rings is 1. The number of carbonyl (C=O) groups excluding carboxylic acids is 3. The smallest absolute Gasteiger partial charge is 0.410 e. The van der Waals surface area contributed by atoms with Gasteiger partial charge in [-0.25, -0.2) is 9.59 Å². The Balaban J connectivity index is 1.98. The zero-order valence-electron chi connectivity index (χ0n) is 26.2. The van der Waals surface area contributed by atoms with Crippen molar-refractivity contribution < 1.29 is 43.2 Å². The first-order chi connectivity index (χ1) is 19.5. The van der Waals surface area contributed by atoms with Crippen molar-refractivity contribution >= 4 is 23.9 Å². The lowest BCUT2D eigenvalue weighted by molar-refractivity contribution is -0.142. The molecule has 1 aromatic rings. The Hall–Kier alpha value is -3.38. The van der Waals surface area contributed by atoms with Gasteiger partial charge in [-0.05, 0) is 62.8 Å². The van der Waals surface area contributed by atoms with E-state index in [4.69, 9.17) is 24.1 Å². The molecule has 1 aromatic carbocycles. The van der Waals surface area contributed by atoms with Gasteiger partial charge < -0.3 is 34.3 Å². The minimum atomic E-state index is -1.03. The van der Waals surface area contributed by atoms with Gasteiger partial charge in [-0.2, -0.15) is 0 Å². The van der Waals surface area contributed by atoms with Crippen LogP contribution in [0.1, 0.15) is 59.6 Å². The molecule has 12 nitrogen and oxygen atoms in total. The number of likely N-dealkylation sites (N-methyl/N-ethyl adjacent to an activating group) is 1. The monoisotopic (exact) mass is 593 g/mol. The van der Waals surface area contributed by atoms with Crippen LogP contribution in [0, 0.1) is 5.41 Å². The molecule has 42 heavy (non-hydrogen) atoms. The molecule has 2 atom stereocenters. The maximum atomic E-state index is 13.8. The van der Waals surface area contributed by atoms with E-state index in [0.717, 1.165) is 11.1 Å². The van der Waals surface area contributed by atoms with Gasteiger partial charge in [0.15, 0.2) is 0 Å². The zero-order valence-corrected chi connectivity index (χ0v) is 26.2. The van der Waals surface area contributed by atoms with Crippen LogP contribution >= 0.6 is 0 Å². The Labute approximate surface area is 248 Å². The average molecular weight is 594 g/mol. The third-order valence-corrected chi connectivity index (χ3v) is 6.64. The molecule has 236 valence electrons. The third-order valence-electron chi connectivity index (χ3n) is 6.64. The number of rotatable bonds is 13. The van der Waals surface area contributed by atoms with Crippen molar-refractivity contribution in [3.8, 4) is 5.75 Å². The number of carbonyl (C=O) groups is 4. The molecular formula is C30H47N3O9. The van der Waals surface area contributed by atoms with Gasteiger partial charge in [0.1, 0.15) is 36.6 Å². The Morgan fingerprint density at radius 3 is 2.26 bits per heavy atom. The quantitative estimate of drug-likeness (QED) is 0.330. The van der Waals surface area contributed by atoms with Crippen LogP contribution in [0.4, 0.5) is 4.79 Å². The number of amides is 3. The van der Waals surface area contributed by atoms with Crippen LogP contribution in [-0.2, 0) is 41.6 Å². The first-order valence-electron chi connectivity index (χ1n) is 14.2. The van der Waals surface area contributed by atoms with E-state index in [1.54, 1.807) is 32.6 Å². The lowest BCUT2D eigenvalue weighted by Gasteiger charge is -2.38. The van der Waals surface area contributed by atoms with Crippen molar-refractivity contribution in [3.05, 3.63) is 29.3 Å². The molecule has 0 radical (unpaired) electrons. The minimum Gasteiger partial charge on any atom is -0.491 e. The molecule has 12 heteroatoms. The second-order valence-electron chi connectivity index (χ2n) is 12.4. The maximum absolute atomic E-state index is 13.8. The number of nitrogens with one attached hydrogen (secondary N) is 1. The first-order valence-corrected chi connectivity index (χ1v) is 14.2. The van der Waals surface area contributed by atoms with Crippen LogP contribution in [0.3, 0.4) is 0 Å². The number of aliphatic carboxylic acids is 1. The molecule has 2 N–H and O–H groups in total. The van der Waals surface area contributed by atoms with Gasteiger partial charge in [0.25, 0.3) is 0 Å². The number of hydrogen-bond donors (Lipinski definition) is 2. The first kappa shape index (κ1) is 34.8. The summed E-state index contributed by atoms with van der Waals surface area (Å²) in [7, 11) is 1.50. The molecule has 0 spiro atoms. The molecular weight excluding hydrogens is 546 g/mol. The summed E-state index contributed by atoms with van der Waals surface area (Å²) in [4.78, 5) is 52.8. The molecule has 1 aliphatic rings. The van der Waals surface area contributed by atoms with E-state index in [2.05, 4.69) is 5.32 Å². The second-order valence-corrected chi connectivity index (χ2v) is 12.4. The van der Waals surface area contributed by atoms with Gasteiger partial charge >= 0.3 is 12.1 Å². The third kappa shape index (κ3) is 11.1. The van der Waals surface area contributed by atoms with Crippen molar-refractivity contribution in [1.82, 2.24) is 15.1 Å². The second kappa shape index (κ2) is 15.2. The van der Waals surface area contributed by atoms with Crippen LogP contribution in [0.2, 0.25) is 0 Å². The van der Waals surface area contributed by atoms with Crippen molar-refractivity contribution in [2.24, 2.45) is 5.41 Å². The lowest BCUT2D eigenvalue weighted by Crippen LogP contribution is -2.58. The molecule has 0 saturated heterocycles. The maximum Gasteiger partial charge on any atom is 0.410 e. The predicted octanol–water partition coefficient (Wildman–Crippen LogP) is 2.85. The molecule has 0 saturated carbocycles. The van der Waals surface area contributed by atoms with Crippen LogP contribution in [0.25, 0.3) is 0 Å². The zero-order chi connectivity index (χ0) is 31.7. The molecule has 0 bridgehead atoms. The van der Waals surface area contributed by atoms with Crippen LogP contribution < -0.4 is 10.1 Å². The summed E-state index contributed by atoms with van der Waals surface area (Å²) in [5.74, 6) is -1.02. The van der Waals surface area contributed by atoms with E-state index in [0.29, 0.717) is 38.5 Å². The van der Waals surface area contributed by atoms with Crippen molar-refractivity contribution in [3.63, 3.8) is 0 Å². The van der Waals surface area contributed by atoms with Gasteiger partial charge in [0.05, 0.1) is 19.8 Å². The van der Waals surface area contributed by atoms with Crippen molar-refractivity contribution in [1.29, 1.82) is 0 Å². The fraction of sp³-hybridized carbons (Fsp3) is 0.667. The highest BCUT2D eigenvalue weighted by atomic mass is 16.6. The van der Waals surface area contributed by atoms with Gasteiger partial charge in [0.2, 0.25) is 11.8 Å². The number of carboxylic acid groups (broad SMARTS) is 1. The summed E-state index contributed by atoms with van der Waals surface area (Å²) >= 11 is 0. The Bertz CT molecular complexity index is 1090. The Morgan fingerprint density at radius 1 is 1.00 bits per heavy atom. The van der Waals surface area contributed by atoms with E-state index < -0.39 is 41.1 Å². The molecule has 1 heterocycles. The van der Waals surface area contributed by atoms with Crippen molar-refractivity contribution in [2.75, 3.05) is 46.6 Å². The molecule has 0 aliphatic carbocycles. The highest BCUT2D eigenvalue weighted by molar-refractivity contribution is 5.91. The van der Waals surface area contributed by atoms with Gasteiger partial charge in [0, 0.05) is 20.1 Å². The molecule has 0 fully saturated rings. The normalized spacial score (nSPS) is 14.8. The molecule has 0 aromatic heterocycles. The van der Waals surface area contributed by atoms with Gasteiger partial charge in [-0.15, -0.1) is 0 Å². The number of ether oxygens (including phenoxy) is 4. The van der Waals surface area contributed by atoms with E-state index in [9.17, 15) is 19.2 Å². The van der Waals surface area contributed by atoms with E-state index in [1.807, 2.05) is 39.0 Å². The highest BCUT2D eigenvalue weighted by Crippen LogP contribution is 2.27. The number of fused-ring (bicyclic) bond motifs is 1. The summed E-state index contributed by atoms with van der Waals surface area (Å²) in [6.07, 6.45) is 0.0504. The molecule has 1 aliphatic heterocycles. The molecule has 0 unspecified atom stereocenters. The standard InChI is InChI=1S/C30H47N3O9/c1-20(32(8)28(38)42-30(5,6)7)26(36)31-25(29(2,3)4)27(37)33-12-11-21-9-10-23(17-22(21)18-33)41-16-15-39-13-14-40-19-24(34)35/h9-10,17,20,25H,11-16,18-19H2,1-8H3,(H,31,36)(H,34,35)/t20-,25+/m0/s1. The number of nitrogens with zero attached hydrogens (tertiary/aromatic N) is 2. The predicted molar refractivity (Wildman–Crippen MR) is 155 cm³/mol. The largest absolute Gasteiger partial charge is 0.491 e. The molecule has 3 amide bonds.